The average molecular weight is 273 g/mol. The molecule has 1 aromatic heterocycles. The molecule has 1 aromatic carbocycles. The van der Waals surface area contributed by atoms with Gasteiger partial charge in [-0.25, -0.2) is 0 Å². The Kier molecular flexibility index (Phi) is 3.69. The number of hydrogen-bond acceptors (Lipinski definition) is 5. The van der Waals surface area contributed by atoms with E-state index in [9.17, 15) is 0 Å². The van der Waals surface area contributed by atoms with Crippen LogP contribution in [0.1, 0.15) is 48.6 Å². The highest BCUT2D eigenvalue weighted by atomic mass is 16.5. The van der Waals surface area contributed by atoms with Crippen LogP contribution in [0.4, 0.5) is 0 Å². The molecule has 2 aromatic rings. The Morgan fingerprint density at radius 2 is 2.35 bits per heavy atom. The van der Waals surface area contributed by atoms with Gasteiger partial charge < -0.3 is 15.0 Å². The van der Waals surface area contributed by atoms with E-state index in [1.165, 1.54) is 11.1 Å². The lowest BCUT2D eigenvalue weighted by Crippen LogP contribution is -2.17. The number of nitrogens with two attached hydrogens (primary N) is 1. The highest BCUT2D eigenvalue weighted by molar-refractivity contribution is 5.39. The van der Waals surface area contributed by atoms with Gasteiger partial charge in [0.25, 0.3) is 0 Å². The Bertz CT molecular complexity index is 595. The summed E-state index contributed by atoms with van der Waals surface area (Å²) >= 11 is 0. The van der Waals surface area contributed by atoms with Gasteiger partial charge >= 0.3 is 0 Å². The standard InChI is InChI=1S/C15H19N3O2/c1-2-15-17-14(18-20-15)9-19-11-7-6-10-4-3-5-13(16)12(10)8-11/h6-8,13H,2-5,9,16H2,1H3/t13-/m1/s1. The molecule has 2 N–H and O–H groups in total. The molecule has 1 atom stereocenters. The Labute approximate surface area is 118 Å². The molecule has 5 nitrogen and oxygen atoms in total. The fourth-order valence-corrected chi connectivity index (χ4v) is 2.54. The van der Waals surface area contributed by atoms with Crippen molar-refractivity contribution >= 4 is 0 Å². The summed E-state index contributed by atoms with van der Waals surface area (Å²) in [5, 5.41) is 3.87. The average Bonchev–Trinajstić information content (AvgIpc) is 2.94. The second-order valence-corrected chi connectivity index (χ2v) is 5.11. The number of fused-ring (bicyclic) bond motifs is 1. The van der Waals surface area contributed by atoms with Gasteiger partial charge in [-0.15, -0.1) is 0 Å². The molecule has 20 heavy (non-hydrogen) atoms. The highest BCUT2D eigenvalue weighted by Gasteiger charge is 2.17. The Hall–Kier alpha value is -1.88. The predicted octanol–water partition coefficient (Wildman–Crippen LogP) is 2.55. The summed E-state index contributed by atoms with van der Waals surface area (Å²) in [5.74, 6) is 2.02. The smallest absolute Gasteiger partial charge is 0.226 e. The Morgan fingerprint density at radius 3 is 3.15 bits per heavy atom. The molecular formula is C15H19N3O2. The predicted molar refractivity (Wildman–Crippen MR) is 74.3 cm³/mol. The van der Waals surface area contributed by atoms with Gasteiger partial charge in [-0.3, -0.25) is 0 Å². The first-order valence-electron chi connectivity index (χ1n) is 7.09. The topological polar surface area (TPSA) is 74.2 Å². The van der Waals surface area contributed by atoms with Crippen LogP contribution in [-0.2, 0) is 19.4 Å². The summed E-state index contributed by atoms with van der Waals surface area (Å²) in [6, 6.07) is 6.26. The minimum absolute atomic E-state index is 0.124. The van der Waals surface area contributed by atoms with E-state index in [0.717, 1.165) is 31.4 Å². The fourth-order valence-electron chi connectivity index (χ4n) is 2.54. The van der Waals surface area contributed by atoms with Crippen molar-refractivity contribution in [3.63, 3.8) is 0 Å². The first kappa shape index (κ1) is 13.1. The van der Waals surface area contributed by atoms with Gasteiger partial charge in [-0.1, -0.05) is 18.1 Å². The summed E-state index contributed by atoms with van der Waals surface area (Å²) < 4.78 is 10.8. The van der Waals surface area contributed by atoms with Crippen molar-refractivity contribution in [3.8, 4) is 5.75 Å². The van der Waals surface area contributed by atoms with E-state index < -0.39 is 0 Å². The minimum Gasteiger partial charge on any atom is -0.485 e. The summed E-state index contributed by atoms with van der Waals surface area (Å²) in [5.41, 5.74) is 8.69. The summed E-state index contributed by atoms with van der Waals surface area (Å²) in [6.45, 7) is 2.29. The Morgan fingerprint density at radius 1 is 1.45 bits per heavy atom. The van der Waals surface area contributed by atoms with E-state index in [1.54, 1.807) is 0 Å². The number of aryl methyl sites for hydroxylation is 2. The SMILES string of the molecule is CCc1nc(COc2ccc3c(c2)[C@H](N)CCC3)no1. The molecule has 1 aliphatic carbocycles. The van der Waals surface area contributed by atoms with Crippen LogP contribution in [0, 0.1) is 0 Å². The van der Waals surface area contributed by atoms with Gasteiger partial charge in [-0.05, 0) is 42.5 Å². The van der Waals surface area contributed by atoms with Crippen molar-refractivity contribution in [2.75, 3.05) is 0 Å². The molecular weight excluding hydrogens is 254 g/mol. The molecule has 1 aliphatic rings. The summed E-state index contributed by atoms with van der Waals surface area (Å²) in [7, 11) is 0. The molecule has 0 saturated heterocycles. The molecule has 3 rings (SSSR count). The molecule has 1 heterocycles. The molecule has 0 aliphatic heterocycles. The third-order valence-corrected chi connectivity index (χ3v) is 3.66. The molecule has 0 fully saturated rings. The van der Waals surface area contributed by atoms with Crippen molar-refractivity contribution < 1.29 is 9.26 Å². The van der Waals surface area contributed by atoms with Crippen LogP contribution in [0.2, 0.25) is 0 Å². The van der Waals surface area contributed by atoms with Gasteiger partial charge in [-0.2, -0.15) is 4.98 Å². The van der Waals surface area contributed by atoms with Gasteiger partial charge in [0.15, 0.2) is 6.61 Å². The molecule has 0 radical (unpaired) electrons. The maximum Gasteiger partial charge on any atom is 0.226 e. The van der Waals surface area contributed by atoms with E-state index in [0.29, 0.717) is 18.3 Å². The van der Waals surface area contributed by atoms with Crippen LogP contribution < -0.4 is 10.5 Å². The minimum atomic E-state index is 0.124. The molecule has 0 amide bonds. The largest absolute Gasteiger partial charge is 0.485 e. The molecule has 0 saturated carbocycles. The lowest BCUT2D eigenvalue weighted by Gasteiger charge is -2.22. The van der Waals surface area contributed by atoms with Gasteiger partial charge in [0, 0.05) is 12.5 Å². The van der Waals surface area contributed by atoms with Crippen molar-refractivity contribution in [2.45, 2.75) is 45.3 Å². The van der Waals surface area contributed by atoms with E-state index in [-0.39, 0.29) is 6.04 Å². The third-order valence-electron chi connectivity index (χ3n) is 3.66. The van der Waals surface area contributed by atoms with E-state index in [1.807, 2.05) is 19.1 Å². The zero-order valence-corrected chi connectivity index (χ0v) is 11.6. The zero-order valence-electron chi connectivity index (χ0n) is 11.6. The first-order chi connectivity index (χ1) is 9.76. The van der Waals surface area contributed by atoms with Crippen LogP contribution in [0.5, 0.6) is 5.75 Å². The number of aromatic nitrogens is 2. The maximum absolute atomic E-state index is 6.15. The first-order valence-corrected chi connectivity index (χ1v) is 7.09. The summed E-state index contributed by atoms with van der Waals surface area (Å²) in [6.07, 6.45) is 4.05. The van der Waals surface area contributed by atoms with Crippen LogP contribution >= 0.6 is 0 Å². The monoisotopic (exact) mass is 273 g/mol. The number of nitrogens with zero attached hydrogens (tertiary/aromatic N) is 2. The molecule has 5 heteroatoms. The highest BCUT2D eigenvalue weighted by Crippen LogP contribution is 2.30. The van der Waals surface area contributed by atoms with Crippen LogP contribution in [0.15, 0.2) is 22.7 Å². The lowest BCUT2D eigenvalue weighted by molar-refractivity contribution is 0.284. The second kappa shape index (κ2) is 5.63. The normalized spacial score (nSPS) is 17.8. The lowest BCUT2D eigenvalue weighted by atomic mass is 9.88. The Balaban J connectivity index is 1.70. The molecule has 0 unspecified atom stereocenters. The second-order valence-electron chi connectivity index (χ2n) is 5.11. The van der Waals surface area contributed by atoms with E-state index >= 15 is 0 Å². The van der Waals surface area contributed by atoms with Gasteiger partial charge in [0.2, 0.25) is 11.7 Å². The fraction of sp³-hybridized carbons (Fsp3) is 0.467. The quantitative estimate of drug-likeness (QED) is 0.926. The van der Waals surface area contributed by atoms with Gasteiger partial charge in [0.05, 0.1) is 0 Å². The molecule has 0 bridgehead atoms. The van der Waals surface area contributed by atoms with Crippen LogP contribution in [0.3, 0.4) is 0 Å². The third kappa shape index (κ3) is 2.67. The van der Waals surface area contributed by atoms with Crippen molar-refractivity contribution in [1.82, 2.24) is 10.1 Å². The number of benzene rings is 1. The molecule has 106 valence electrons. The van der Waals surface area contributed by atoms with Crippen molar-refractivity contribution in [1.29, 1.82) is 0 Å². The maximum atomic E-state index is 6.15. The van der Waals surface area contributed by atoms with E-state index in [4.69, 9.17) is 15.0 Å². The number of rotatable bonds is 4. The zero-order chi connectivity index (χ0) is 13.9. The summed E-state index contributed by atoms with van der Waals surface area (Å²) in [4.78, 5) is 4.22. The van der Waals surface area contributed by atoms with Crippen LogP contribution in [0.25, 0.3) is 0 Å². The van der Waals surface area contributed by atoms with Crippen molar-refractivity contribution in [2.24, 2.45) is 5.73 Å². The van der Waals surface area contributed by atoms with Crippen LogP contribution in [-0.4, -0.2) is 10.1 Å². The molecule has 0 spiro atoms. The van der Waals surface area contributed by atoms with Crippen molar-refractivity contribution in [3.05, 3.63) is 41.0 Å². The van der Waals surface area contributed by atoms with E-state index in [2.05, 4.69) is 16.2 Å². The number of ether oxygens (including phenoxy) is 1. The number of hydrogen-bond donors (Lipinski definition) is 1. The van der Waals surface area contributed by atoms with Gasteiger partial charge in [0.1, 0.15) is 5.75 Å².